The minimum Gasteiger partial charge on any atom is -0.390 e. The summed E-state index contributed by atoms with van der Waals surface area (Å²) in [6, 6.07) is 0. The first kappa shape index (κ1) is 18.6. The molecular weight excluding hydrogens is 308 g/mol. The molecule has 0 radical (unpaired) electrons. The van der Waals surface area contributed by atoms with Crippen molar-refractivity contribution in [3.8, 4) is 0 Å². The third kappa shape index (κ3) is 3.96. The van der Waals surface area contributed by atoms with Crippen LogP contribution in [0.2, 0.25) is 0 Å². The van der Waals surface area contributed by atoms with Crippen molar-refractivity contribution in [1.82, 2.24) is 0 Å². The molecule has 0 saturated carbocycles. The zero-order valence-electron chi connectivity index (χ0n) is 15.4. The van der Waals surface area contributed by atoms with Gasteiger partial charge in [0.2, 0.25) is 0 Å². The maximum atomic E-state index is 10.5. The number of ether oxygens (including phenoxy) is 4. The molecule has 7 atom stereocenters. The molecule has 0 aromatic heterocycles. The summed E-state index contributed by atoms with van der Waals surface area (Å²) in [6.45, 7) is 4.38. The molecule has 3 heterocycles. The lowest BCUT2D eigenvalue weighted by molar-refractivity contribution is -0.317. The highest BCUT2D eigenvalue weighted by Gasteiger charge is 2.53. The standard InChI is InChI=1S/C19H34O5/c1-4-5-6-8-13-9-7-10-19(2)16(22-13)12-15-18(24-19)14(20)11-17(21-3)23-15/h13-18,20H,4-12H2,1-3H3/t13-,14+,15-,16+,17?,18+,19-/m1/s1. The predicted molar refractivity (Wildman–Crippen MR) is 90.8 cm³/mol. The molecular formula is C19H34O5. The number of fused-ring (bicyclic) bond motifs is 2. The SMILES string of the molecule is CCCCC[C@@H]1CCC[C@@]2(C)O[C@H]3[C@@H](O)CC(OC)O[C@@H]3C[C@@H]2O1. The fourth-order valence-corrected chi connectivity index (χ4v) is 4.48. The van der Waals surface area contributed by atoms with Gasteiger partial charge >= 0.3 is 0 Å². The van der Waals surface area contributed by atoms with Crippen LogP contribution in [0.1, 0.15) is 71.6 Å². The number of hydrogen-bond donors (Lipinski definition) is 1. The van der Waals surface area contributed by atoms with Gasteiger partial charge in [0.05, 0.1) is 30.0 Å². The molecule has 3 saturated heterocycles. The lowest BCUT2D eigenvalue weighted by Crippen LogP contribution is -2.62. The molecule has 0 spiro atoms. The van der Waals surface area contributed by atoms with Gasteiger partial charge in [0.1, 0.15) is 6.10 Å². The van der Waals surface area contributed by atoms with Gasteiger partial charge in [0, 0.05) is 20.0 Å². The summed E-state index contributed by atoms with van der Waals surface area (Å²) in [5, 5.41) is 10.5. The number of hydrogen-bond acceptors (Lipinski definition) is 5. The van der Waals surface area contributed by atoms with Crippen LogP contribution in [0.15, 0.2) is 0 Å². The Bertz CT molecular complexity index is 403. The topological polar surface area (TPSA) is 57.2 Å². The third-order valence-corrected chi connectivity index (χ3v) is 5.99. The molecule has 0 bridgehead atoms. The van der Waals surface area contributed by atoms with Gasteiger partial charge < -0.3 is 24.1 Å². The van der Waals surface area contributed by atoms with E-state index >= 15 is 0 Å². The zero-order valence-corrected chi connectivity index (χ0v) is 15.4. The van der Waals surface area contributed by atoms with E-state index in [2.05, 4.69) is 13.8 Å². The second kappa shape index (κ2) is 8.00. The molecule has 3 aliphatic heterocycles. The maximum Gasteiger partial charge on any atom is 0.160 e. The summed E-state index contributed by atoms with van der Waals surface area (Å²) < 4.78 is 24.2. The molecule has 24 heavy (non-hydrogen) atoms. The molecule has 1 unspecified atom stereocenters. The molecule has 1 N–H and O–H groups in total. The minimum atomic E-state index is -0.532. The number of aliphatic hydroxyl groups is 1. The van der Waals surface area contributed by atoms with Crippen molar-refractivity contribution in [3.05, 3.63) is 0 Å². The van der Waals surface area contributed by atoms with Crippen molar-refractivity contribution in [2.45, 2.75) is 114 Å². The van der Waals surface area contributed by atoms with Gasteiger partial charge in [0.25, 0.3) is 0 Å². The monoisotopic (exact) mass is 342 g/mol. The highest BCUT2D eigenvalue weighted by molar-refractivity contribution is 5.00. The molecule has 3 fully saturated rings. The van der Waals surface area contributed by atoms with E-state index in [1.807, 2.05) is 0 Å². The summed E-state index contributed by atoms with van der Waals surface area (Å²) in [6.07, 6.45) is 8.44. The quantitative estimate of drug-likeness (QED) is 0.778. The van der Waals surface area contributed by atoms with Gasteiger partial charge in [-0.25, -0.2) is 0 Å². The molecule has 5 heteroatoms. The van der Waals surface area contributed by atoms with Crippen molar-refractivity contribution in [1.29, 1.82) is 0 Å². The molecule has 0 aromatic carbocycles. The minimum absolute atomic E-state index is 0.0377. The van der Waals surface area contributed by atoms with E-state index in [0.29, 0.717) is 12.5 Å². The predicted octanol–water partition coefficient (Wildman–Crippen LogP) is 3.17. The molecule has 0 aromatic rings. The lowest BCUT2D eigenvalue weighted by Gasteiger charge is -2.51. The van der Waals surface area contributed by atoms with Crippen LogP contribution in [0.5, 0.6) is 0 Å². The number of unbranched alkanes of at least 4 members (excludes halogenated alkanes) is 2. The molecule has 3 aliphatic rings. The smallest absolute Gasteiger partial charge is 0.160 e. The van der Waals surface area contributed by atoms with Crippen LogP contribution >= 0.6 is 0 Å². The van der Waals surface area contributed by atoms with Crippen LogP contribution in [0.3, 0.4) is 0 Å². The molecule has 5 nitrogen and oxygen atoms in total. The summed E-state index contributed by atoms with van der Waals surface area (Å²) in [7, 11) is 1.62. The van der Waals surface area contributed by atoms with Crippen LogP contribution in [0.4, 0.5) is 0 Å². The maximum absolute atomic E-state index is 10.5. The first-order chi connectivity index (χ1) is 11.6. The first-order valence-electron chi connectivity index (χ1n) is 9.75. The van der Waals surface area contributed by atoms with E-state index in [9.17, 15) is 5.11 Å². The zero-order chi connectivity index (χ0) is 17.2. The van der Waals surface area contributed by atoms with E-state index < -0.39 is 6.10 Å². The average Bonchev–Trinajstić information content (AvgIpc) is 2.71. The van der Waals surface area contributed by atoms with Crippen molar-refractivity contribution < 1.29 is 24.1 Å². The first-order valence-corrected chi connectivity index (χ1v) is 9.75. The fraction of sp³-hybridized carbons (Fsp3) is 1.00. The Hall–Kier alpha value is -0.200. The van der Waals surface area contributed by atoms with Crippen LogP contribution in [0, 0.1) is 0 Å². The van der Waals surface area contributed by atoms with Crippen LogP contribution in [-0.4, -0.2) is 54.6 Å². The lowest BCUT2D eigenvalue weighted by atomic mass is 9.82. The van der Waals surface area contributed by atoms with Gasteiger partial charge in [-0.2, -0.15) is 0 Å². The van der Waals surface area contributed by atoms with Crippen LogP contribution in [0.25, 0.3) is 0 Å². The second-order valence-electron chi connectivity index (χ2n) is 7.91. The van der Waals surface area contributed by atoms with E-state index in [-0.39, 0.29) is 30.2 Å². The molecule has 3 rings (SSSR count). The Morgan fingerprint density at radius 2 is 2.04 bits per heavy atom. The normalized spacial score (nSPS) is 46.0. The Morgan fingerprint density at radius 3 is 2.79 bits per heavy atom. The average molecular weight is 342 g/mol. The van der Waals surface area contributed by atoms with Gasteiger partial charge in [-0.05, 0) is 32.6 Å². The van der Waals surface area contributed by atoms with E-state index in [0.717, 1.165) is 32.1 Å². The number of aliphatic hydroxyl groups excluding tert-OH is 1. The van der Waals surface area contributed by atoms with E-state index in [4.69, 9.17) is 18.9 Å². The molecule has 140 valence electrons. The van der Waals surface area contributed by atoms with E-state index in [1.54, 1.807) is 7.11 Å². The summed E-state index contributed by atoms with van der Waals surface area (Å²) in [4.78, 5) is 0. The highest BCUT2D eigenvalue weighted by Crippen LogP contribution is 2.43. The highest BCUT2D eigenvalue weighted by atomic mass is 16.7. The van der Waals surface area contributed by atoms with Crippen molar-refractivity contribution in [2.75, 3.05) is 7.11 Å². The summed E-state index contributed by atoms with van der Waals surface area (Å²) >= 11 is 0. The van der Waals surface area contributed by atoms with E-state index in [1.165, 1.54) is 19.3 Å². The molecule has 0 aliphatic carbocycles. The summed E-state index contributed by atoms with van der Waals surface area (Å²) in [5.41, 5.74) is -0.315. The van der Waals surface area contributed by atoms with Gasteiger partial charge in [-0.3, -0.25) is 0 Å². The fourth-order valence-electron chi connectivity index (χ4n) is 4.48. The Morgan fingerprint density at radius 1 is 1.21 bits per heavy atom. The van der Waals surface area contributed by atoms with Gasteiger partial charge in [-0.1, -0.05) is 26.2 Å². The van der Waals surface area contributed by atoms with Crippen molar-refractivity contribution in [3.63, 3.8) is 0 Å². The second-order valence-corrected chi connectivity index (χ2v) is 7.91. The number of rotatable bonds is 5. The Labute approximate surface area is 146 Å². The van der Waals surface area contributed by atoms with Crippen molar-refractivity contribution in [2.24, 2.45) is 0 Å². The Balaban J connectivity index is 1.66. The van der Waals surface area contributed by atoms with Crippen LogP contribution in [-0.2, 0) is 18.9 Å². The number of methoxy groups -OCH3 is 1. The van der Waals surface area contributed by atoms with Gasteiger partial charge in [-0.15, -0.1) is 0 Å². The largest absolute Gasteiger partial charge is 0.390 e. The van der Waals surface area contributed by atoms with Crippen molar-refractivity contribution >= 4 is 0 Å². The summed E-state index contributed by atoms with van der Waals surface area (Å²) in [5.74, 6) is 0. The van der Waals surface area contributed by atoms with Crippen LogP contribution < -0.4 is 0 Å². The third-order valence-electron chi connectivity index (χ3n) is 5.99. The van der Waals surface area contributed by atoms with Gasteiger partial charge in [0.15, 0.2) is 6.29 Å². The Kier molecular flexibility index (Phi) is 6.20. The molecule has 0 amide bonds.